The van der Waals surface area contributed by atoms with Crippen LogP contribution >= 0.6 is 0 Å². The van der Waals surface area contributed by atoms with E-state index in [4.69, 9.17) is 0 Å². The highest BCUT2D eigenvalue weighted by Gasteiger charge is 2.53. The Labute approximate surface area is 97.8 Å². The summed E-state index contributed by atoms with van der Waals surface area (Å²) in [6.45, 7) is 2.85. The zero-order valence-corrected chi connectivity index (χ0v) is 10.6. The number of nitrogens with zero attached hydrogens (tertiary/aromatic N) is 1. The van der Waals surface area contributed by atoms with Crippen molar-refractivity contribution in [3.8, 4) is 0 Å². The molecule has 4 unspecified atom stereocenters. The van der Waals surface area contributed by atoms with Gasteiger partial charge in [0.25, 0.3) is 0 Å². The summed E-state index contributed by atoms with van der Waals surface area (Å²) in [6, 6.07) is 0. The summed E-state index contributed by atoms with van der Waals surface area (Å²) in [7, 11) is 4.77. The van der Waals surface area contributed by atoms with E-state index in [-0.39, 0.29) is 24.0 Å². The zero-order valence-electron chi connectivity index (χ0n) is 8.41. The van der Waals surface area contributed by atoms with Gasteiger partial charge in [-0.25, -0.2) is 0 Å². The van der Waals surface area contributed by atoms with Crippen LogP contribution in [0.1, 0.15) is 6.42 Å². The molecule has 3 aliphatic rings. The molecule has 0 N–H and O–H groups in total. The molecule has 1 saturated heterocycles. The first kappa shape index (κ1) is 9.97. The maximum Gasteiger partial charge on any atom is 0.0822 e. The van der Waals surface area contributed by atoms with Crippen LogP contribution in [0, 0.1) is 23.7 Å². The fourth-order valence-corrected chi connectivity index (χ4v) is 3.78. The molecule has 1 heterocycles. The van der Waals surface area contributed by atoms with Crippen molar-refractivity contribution < 1.29 is 28.5 Å². The summed E-state index contributed by atoms with van der Waals surface area (Å²) in [5.74, 6) is 3.99. The second kappa shape index (κ2) is 2.96. The molecule has 0 aromatic heterocycles. The zero-order chi connectivity index (χ0) is 8.34. The number of hydrogen-bond acceptors (Lipinski definition) is 0. The van der Waals surface area contributed by atoms with Crippen molar-refractivity contribution in [3.05, 3.63) is 12.2 Å². The van der Waals surface area contributed by atoms with E-state index in [0.29, 0.717) is 0 Å². The van der Waals surface area contributed by atoms with Crippen molar-refractivity contribution in [3.63, 3.8) is 0 Å². The average Bonchev–Trinajstić information content (AvgIpc) is 2.54. The van der Waals surface area contributed by atoms with Crippen LogP contribution in [0.4, 0.5) is 0 Å². The number of allylic oxidation sites excluding steroid dienone is 2. The van der Waals surface area contributed by atoms with E-state index >= 15 is 0 Å². The summed E-state index contributed by atoms with van der Waals surface area (Å²) in [6.07, 6.45) is 6.45. The maximum atomic E-state index is 2.48. The minimum atomic E-state index is 0. The van der Waals surface area contributed by atoms with Crippen LogP contribution in [0.5, 0.6) is 0 Å². The molecule has 1 aliphatic heterocycles. The molecule has 0 spiro atoms. The normalized spacial score (nSPS) is 49.1. The predicted octanol–water partition coefficient (Wildman–Crippen LogP) is -1.48. The van der Waals surface area contributed by atoms with E-state index in [1.54, 1.807) is 0 Å². The molecule has 2 aliphatic carbocycles. The highest BCUT2D eigenvalue weighted by Crippen LogP contribution is 2.52. The molecule has 0 radical (unpaired) electrons. The number of quaternary nitrogens is 1. The largest absolute Gasteiger partial charge is 1.00 e. The monoisotopic (exact) mass is 291 g/mol. The Balaban J connectivity index is 0.000000653. The first-order chi connectivity index (χ1) is 5.66. The van der Waals surface area contributed by atoms with Crippen LogP contribution in [0.15, 0.2) is 12.2 Å². The number of halogens is 1. The van der Waals surface area contributed by atoms with Gasteiger partial charge in [-0.1, -0.05) is 12.2 Å². The highest BCUT2D eigenvalue weighted by molar-refractivity contribution is 5.14. The topological polar surface area (TPSA) is 0 Å². The minimum absolute atomic E-state index is 0. The van der Waals surface area contributed by atoms with E-state index in [9.17, 15) is 0 Å². The Hall–Kier alpha value is 0.430. The van der Waals surface area contributed by atoms with Crippen molar-refractivity contribution in [1.82, 2.24) is 0 Å². The molecule has 0 amide bonds. The lowest BCUT2D eigenvalue weighted by Crippen LogP contribution is -3.00. The lowest BCUT2D eigenvalue weighted by Gasteiger charge is -2.25. The molecule has 2 heteroatoms. The standard InChI is InChI=1S/C11H18N.HI/c1-12(2)6-10-8-3-4-9(5-8)11(10)7-12;/h3-4,8-11H,5-7H2,1-2H3;1H/q+1;/p-1. The molecule has 4 atom stereocenters. The van der Waals surface area contributed by atoms with Crippen LogP contribution in [-0.4, -0.2) is 31.7 Å². The molecule has 2 fully saturated rings. The lowest BCUT2D eigenvalue weighted by atomic mass is 9.86. The van der Waals surface area contributed by atoms with Crippen LogP contribution < -0.4 is 24.0 Å². The lowest BCUT2D eigenvalue weighted by molar-refractivity contribution is -0.881. The fraction of sp³-hybridized carbons (Fsp3) is 0.818. The average molecular weight is 291 g/mol. The number of hydrogen-bond donors (Lipinski definition) is 0. The quantitative estimate of drug-likeness (QED) is 0.290. The predicted molar refractivity (Wildman–Crippen MR) is 49.6 cm³/mol. The summed E-state index contributed by atoms with van der Waals surface area (Å²) in [5.41, 5.74) is 0. The first-order valence-corrected chi connectivity index (χ1v) is 5.16. The number of likely N-dealkylation sites (tertiary alicyclic amines) is 1. The molecule has 1 nitrogen and oxygen atoms in total. The molecule has 2 bridgehead atoms. The van der Waals surface area contributed by atoms with Crippen LogP contribution in [0.25, 0.3) is 0 Å². The highest BCUT2D eigenvalue weighted by atomic mass is 127. The van der Waals surface area contributed by atoms with Crippen molar-refractivity contribution >= 4 is 0 Å². The van der Waals surface area contributed by atoms with Gasteiger partial charge in [-0.2, -0.15) is 0 Å². The van der Waals surface area contributed by atoms with Gasteiger partial charge in [0.05, 0.1) is 27.2 Å². The van der Waals surface area contributed by atoms with Crippen LogP contribution in [0.3, 0.4) is 0 Å². The van der Waals surface area contributed by atoms with E-state index in [2.05, 4.69) is 26.2 Å². The molecule has 0 aromatic carbocycles. The van der Waals surface area contributed by atoms with Gasteiger partial charge in [0.1, 0.15) is 0 Å². The SMILES string of the molecule is C[N+]1(C)CC2C3C=CC(C3)C2C1.[I-]. The molecule has 0 aromatic rings. The van der Waals surface area contributed by atoms with Crippen molar-refractivity contribution in [1.29, 1.82) is 0 Å². The Kier molecular flexibility index (Phi) is 2.27. The third-order valence-corrected chi connectivity index (χ3v) is 4.21. The van der Waals surface area contributed by atoms with Crippen LogP contribution in [0.2, 0.25) is 0 Å². The molecular formula is C11H18IN. The van der Waals surface area contributed by atoms with Gasteiger partial charge in [0.2, 0.25) is 0 Å². The molecule has 1 saturated carbocycles. The Morgan fingerprint density at radius 2 is 1.46 bits per heavy atom. The second-order valence-electron chi connectivity index (χ2n) is 5.58. The Bertz CT molecular complexity index is 224. The summed E-state index contributed by atoms with van der Waals surface area (Å²) in [5, 5.41) is 0. The minimum Gasteiger partial charge on any atom is -1.00 e. The maximum absolute atomic E-state index is 2.48. The second-order valence-corrected chi connectivity index (χ2v) is 5.58. The van der Waals surface area contributed by atoms with E-state index in [1.165, 1.54) is 24.0 Å². The van der Waals surface area contributed by atoms with Gasteiger partial charge in [-0.15, -0.1) is 0 Å². The first-order valence-electron chi connectivity index (χ1n) is 5.16. The van der Waals surface area contributed by atoms with Crippen molar-refractivity contribution in [2.45, 2.75) is 6.42 Å². The molecule has 13 heavy (non-hydrogen) atoms. The Morgan fingerprint density at radius 3 is 1.92 bits per heavy atom. The van der Waals surface area contributed by atoms with E-state index in [0.717, 1.165) is 23.7 Å². The number of fused-ring (bicyclic) bond motifs is 5. The van der Waals surface area contributed by atoms with Gasteiger partial charge < -0.3 is 28.5 Å². The third-order valence-electron chi connectivity index (χ3n) is 4.21. The number of rotatable bonds is 0. The van der Waals surface area contributed by atoms with Gasteiger partial charge in [0, 0.05) is 11.8 Å². The molecule has 74 valence electrons. The fourth-order valence-electron chi connectivity index (χ4n) is 3.78. The van der Waals surface area contributed by atoms with Gasteiger partial charge in [-0.05, 0) is 18.3 Å². The molecular weight excluding hydrogens is 273 g/mol. The smallest absolute Gasteiger partial charge is 0.0822 e. The Morgan fingerprint density at radius 1 is 1.00 bits per heavy atom. The summed E-state index contributed by atoms with van der Waals surface area (Å²) >= 11 is 0. The van der Waals surface area contributed by atoms with E-state index in [1.807, 2.05) is 0 Å². The van der Waals surface area contributed by atoms with Crippen molar-refractivity contribution in [2.24, 2.45) is 23.7 Å². The van der Waals surface area contributed by atoms with Gasteiger partial charge in [0.15, 0.2) is 0 Å². The third kappa shape index (κ3) is 1.37. The van der Waals surface area contributed by atoms with Crippen LogP contribution in [-0.2, 0) is 0 Å². The van der Waals surface area contributed by atoms with E-state index < -0.39 is 0 Å². The summed E-state index contributed by atoms with van der Waals surface area (Å²) in [4.78, 5) is 0. The summed E-state index contributed by atoms with van der Waals surface area (Å²) < 4.78 is 1.27. The van der Waals surface area contributed by atoms with Crippen molar-refractivity contribution in [2.75, 3.05) is 27.2 Å². The van der Waals surface area contributed by atoms with Gasteiger partial charge in [-0.3, -0.25) is 0 Å². The molecule has 3 rings (SSSR count). The van der Waals surface area contributed by atoms with Gasteiger partial charge >= 0.3 is 0 Å².